The standard InChI is InChI=1S/C18H30F2N2O3.ClH/c1-2-25-17(24)15(9-12-6-4-3-5-7-12)22-16(23)14(21)8-13-10-18(19,20)11-13;/h12-15H,2-11,21H2,1H3,(H,22,23);1H/t14?,15-;/m1./s1. The molecule has 1 unspecified atom stereocenters. The fourth-order valence-electron chi connectivity index (χ4n) is 3.91. The Bertz CT molecular complexity index is 465. The van der Waals surface area contributed by atoms with E-state index < -0.39 is 29.9 Å². The molecule has 0 heterocycles. The zero-order valence-corrected chi connectivity index (χ0v) is 16.2. The number of hydrogen-bond acceptors (Lipinski definition) is 4. The fourth-order valence-corrected chi connectivity index (χ4v) is 3.91. The van der Waals surface area contributed by atoms with Crippen molar-refractivity contribution in [3.8, 4) is 0 Å². The van der Waals surface area contributed by atoms with Crippen molar-refractivity contribution in [2.75, 3.05) is 6.61 Å². The van der Waals surface area contributed by atoms with Gasteiger partial charge in [0.25, 0.3) is 0 Å². The highest BCUT2D eigenvalue weighted by molar-refractivity contribution is 5.87. The van der Waals surface area contributed by atoms with E-state index in [2.05, 4.69) is 5.32 Å². The molecule has 2 aliphatic rings. The molecule has 2 saturated carbocycles. The Morgan fingerprint density at radius 3 is 2.31 bits per heavy atom. The highest BCUT2D eigenvalue weighted by Crippen LogP contribution is 2.44. The number of esters is 1. The number of halogens is 3. The summed E-state index contributed by atoms with van der Waals surface area (Å²) in [6, 6.07) is -1.58. The highest BCUT2D eigenvalue weighted by Gasteiger charge is 2.46. The SMILES string of the molecule is CCOC(=O)[C@@H](CC1CCCCC1)NC(=O)C(N)CC1CC(F)(F)C1.Cl. The zero-order valence-electron chi connectivity index (χ0n) is 15.3. The van der Waals surface area contributed by atoms with Gasteiger partial charge in [0.2, 0.25) is 11.8 Å². The van der Waals surface area contributed by atoms with Crippen molar-refractivity contribution in [2.45, 2.75) is 82.7 Å². The van der Waals surface area contributed by atoms with Crippen molar-refractivity contribution in [3.05, 3.63) is 0 Å². The third kappa shape index (κ3) is 6.99. The summed E-state index contributed by atoms with van der Waals surface area (Å²) in [7, 11) is 0. The molecule has 2 aliphatic carbocycles. The van der Waals surface area contributed by atoms with Gasteiger partial charge in [-0.25, -0.2) is 13.6 Å². The Morgan fingerprint density at radius 2 is 1.77 bits per heavy atom. The van der Waals surface area contributed by atoms with Gasteiger partial charge >= 0.3 is 5.97 Å². The molecule has 5 nitrogen and oxygen atoms in total. The predicted molar refractivity (Wildman–Crippen MR) is 97.3 cm³/mol. The third-order valence-corrected chi connectivity index (χ3v) is 5.28. The second-order valence-electron chi connectivity index (χ2n) is 7.53. The first-order valence-electron chi connectivity index (χ1n) is 9.41. The summed E-state index contributed by atoms with van der Waals surface area (Å²) in [6.45, 7) is 1.97. The predicted octanol–water partition coefficient (Wildman–Crippen LogP) is 3.19. The Hall–Kier alpha value is -0.950. The minimum Gasteiger partial charge on any atom is -0.464 e. The van der Waals surface area contributed by atoms with Gasteiger partial charge in [-0.05, 0) is 31.6 Å². The van der Waals surface area contributed by atoms with Gasteiger partial charge in [-0.15, -0.1) is 12.4 Å². The van der Waals surface area contributed by atoms with Crippen LogP contribution in [0.15, 0.2) is 0 Å². The summed E-state index contributed by atoms with van der Waals surface area (Å²) < 4.78 is 30.9. The Labute approximate surface area is 160 Å². The molecule has 0 bridgehead atoms. The van der Waals surface area contributed by atoms with Crippen LogP contribution in [0.3, 0.4) is 0 Å². The number of amides is 1. The molecule has 26 heavy (non-hydrogen) atoms. The third-order valence-electron chi connectivity index (χ3n) is 5.28. The second kappa shape index (κ2) is 10.4. The molecule has 8 heteroatoms. The minimum atomic E-state index is -2.62. The van der Waals surface area contributed by atoms with Crippen LogP contribution < -0.4 is 11.1 Å². The van der Waals surface area contributed by atoms with Crippen LogP contribution in [0.2, 0.25) is 0 Å². The molecule has 0 saturated heterocycles. The van der Waals surface area contributed by atoms with Crippen LogP contribution in [-0.4, -0.2) is 36.5 Å². The number of hydrogen-bond donors (Lipinski definition) is 2. The first kappa shape index (κ1) is 23.1. The number of rotatable bonds is 8. The summed E-state index contributed by atoms with van der Waals surface area (Å²) in [5.41, 5.74) is 5.86. The maximum absolute atomic E-state index is 12.9. The van der Waals surface area contributed by atoms with Crippen molar-refractivity contribution >= 4 is 24.3 Å². The molecule has 0 radical (unpaired) electrons. The Kier molecular flexibility index (Phi) is 9.24. The molecule has 3 N–H and O–H groups in total. The van der Waals surface area contributed by atoms with E-state index in [9.17, 15) is 18.4 Å². The van der Waals surface area contributed by atoms with Crippen LogP contribution in [0.4, 0.5) is 8.78 Å². The fraction of sp³-hybridized carbons (Fsp3) is 0.889. The molecule has 0 spiro atoms. The quantitative estimate of drug-likeness (QED) is 0.617. The van der Waals surface area contributed by atoms with E-state index in [4.69, 9.17) is 10.5 Å². The van der Waals surface area contributed by atoms with Crippen LogP contribution in [0.25, 0.3) is 0 Å². The van der Waals surface area contributed by atoms with Crippen molar-refractivity contribution in [1.82, 2.24) is 5.32 Å². The molecule has 0 aromatic carbocycles. The van der Waals surface area contributed by atoms with Gasteiger partial charge in [-0.3, -0.25) is 4.79 Å². The van der Waals surface area contributed by atoms with Crippen molar-refractivity contribution < 1.29 is 23.1 Å². The van der Waals surface area contributed by atoms with Gasteiger partial charge in [0, 0.05) is 12.8 Å². The van der Waals surface area contributed by atoms with Crippen LogP contribution in [-0.2, 0) is 14.3 Å². The summed E-state index contributed by atoms with van der Waals surface area (Å²) in [6.07, 6.45) is 5.95. The van der Waals surface area contributed by atoms with Crippen LogP contribution >= 0.6 is 12.4 Å². The van der Waals surface area contributed by atoms with E-state index in [0.717, 1.165) is 25.7 Å². The number of ether oxygens (including phenoxy) is 1. The van der Waals surface area contributed by atoms with E-state index in [1.165, 1.54) is 6.42 Å². The van der Waals surface area contributed by atoms with E-state index in [-0.39, 0.29) is 44.2 Å². The number of carbonyl (C=O) groups excluding carboxylic acids is 2. The number of alkyl halides is 2. The lowest BCUT2D eigenvalue weighted by Crippen LogP contribution is -2.51. The molecule has 2 rings (SSSR count). The van der Waals surface area contributed by atoms with E-state index in [1.807, 2.05) is 0 Å². The largest absolute Gasteiger partial charge is 0.464 e. The smallest absolute Gasteiger partial charge is 0.328 e. The minimum absolute atomic E-state index is 0. The molecule has 0 aliphatic heterocycles. The topological polar surface area (TPSA) is 81.4 Å². The van der Waals surface area contributed by atoms with Crippen LogP contribution in [0.5, 0.6) is 0 Å². The lowest BCUT2D eigenvalue weighted by Gasteiger charge is -2.36. The average Bonchev–Trinajstić information content (AvgIpc) is 2.53. The van der Waals surface area contributed by atoms with Gasteiger partial charge in [0.1, 0.15) is 6.04 Å². The molecular formula is C18H31ClF2N2O3. The van der Waals surface area contributed by atoms with Gasteiger partial charge in [0.15, 0.2) is 0 Å². The molecule has 152 valence electrons. The molecule has 0 aromatic heterocycles. The summed E-state index contributed by atoms with van der Waals surface area (Å²) in [5.74, 6) is -3.34. The first-order valence-corrected chi connectivity index (χ1v) is 9.41. The normalized spacial score (nSPS) is 22.5. The number of carbonyl (C=O) groups is 2. The maximum Gasteiger partial charge on any atom is 0.328 e. The van der Waals surface area contributed by atoms with Crippen molar-refractivity contribution in [2.24, 2.45) is 17.6 Å². The average molecular weight is 397 g/mol. The number of nitrogens with two attached hydrogens (primary N) is 1. The summed E-state index contributed by atoms with van der Waals surface area (Å²) >= 11 is 0. The summed E-state index contributed by atoms with van der Waals surface area (Å²) in [4.78, 5) is 24.5. The second-order valence-corrected chi connectivity index (χ2v) is 7.53. The van der Waals surface area contributed by atoms with Crippen molar-refractivity contribution in [1.29, 1.82) is 0 Å². The first-order chi connectivity index (χ1) is 11.8. The van der Waals surface area contributed by atoms with Gasteiger partial charge in [-0.2, -0.15) is 0 Å². The monoisotopic (exact) mass is 396 g/mol. The summed E-state index contributed by atoms with van der Waals surface area (Å²) in [5, 5.41) is 2.70. The lowest BCUT2D eigenvalue weighted by molar-refractivity contribution is -0.148. The van der Waals surface area contributed by atoms with Crippen LogP contribution in [0.1, 0.15) is 64.7 Å². The maximum atomic E-state index is 12.9. The van der Waals surface area contributed by atoms with Gasteiger partial charge in [-0.1, -0.05) is 32.1 Å². The van der Waals surface area contributed by atoms with E-state index in [1.54, 1.807) is 6.92 Å². The van der Waals surface area contributed by atoms with E-state index >= 15 is 0 Å². The Morgan fingerprint density at radius 1 is 1.15 bits per heavy atom. The molecule has 2 atom stereocenters. The number of nitrogens with one attached hydrogen (secondary N) is 1. The highest BCUT2D eigenvalue weighted by atomic mass is 35.5. The van der Waals surface area contributed by atoms with Crippen molar-refractivity contribution in [3.63, 3.8) is 0 Å². The van der Waals surface area contributed by atoms with Crippen LogP contribution in [0, 0.1) is 11.8 Å². The molecular weight excluding hydrogens is 366 g/mol. The molecule has 2 fully saturated rings. The zero-order chi connectivity index (χ0) is 18.4. The van der Waals surface area contributed by atoms with Gasteiger partial charge in [0.05, 0.1) is 12.6 Å². The lowest BCUT2D eigenvalue weighted by atomic mass is 9.77. The van der Waals surface area contributed by atoms with E-state index in [0.29, 0.717) is 12.3 Å². The molecule has 0 aromatic rings. The van der Waals surface area contributed by atoms with Gasteiger partial charge < -0.3 is 15.8 Å². The Balaban J connectivity index is 0.00000338. The molecule has 1 amide bonds.